The Balaban J connectivity index is 1.76. The largest absolute Gasteiger partial charge is 0.493 e. The number of nitrogens with zero attached hydrogens (tertiary/aromatic N) is 2. The number of anilines is 1. The van der Waals surface area contributed by atoms with E-state index in [-0.39, 0.29) is 49.0 Å². The molecule has 3 rings (SSSR count). The third-order valence-corrected chi connectivity index (χ3v) is 4.25. The molecule has 1 heterocycles. The minimum absolute atomic E-state index is 0.00465. The lowest BCUT2D eigenvalue weighted by Gasteiger charge is -2.19. The molecule has 164 valence electrons. The van der Waals surface area contributed by atoms with E-state index >= 15 is 0 Å². The van der Waals surface area contributed by atoms with Crippen LogP contribution in [0.4, 0.5) is 11.4 Å². The van der Waals surface area contributed by atoms with Crippen LogP contribution in [-0.4, -0.2) is 41.7 Å². The Labute approximate surface area is 181 Å². The van der Waals surface area contributed by atoms with Crippen LogP contribution in [0.2, 0.25) is 0 Å². The zero-order valence-corrected chi connectivity index (χ0v) is 16.6. The van der Waals surface area contributed by atoms with Gasteiger partial charge in [0.05, 0.1) is 24.0 Å². The highest BCUT2D eigenvalue weighted by molar-refractivity contribution is 6.10. The van der Waals surface area contributed by atoms with Crippen LogP contribution in [0.25, 0.3) is 6.08 Å². The van der Waals surface area contributed by atoms with Crippen LogP contribution in [0, 0.1) is 21.4 Å². The van der Waals surface area contributed by atoms with Gasteiger partial charge in [0.25, 0.3) is 11.6 Å². The lowest BCUT2D eigenvalue weighted by atomic mass is 10.1. The number of fused-ring (bicyclic) bond motifs is 1. The highest BCUT2D eigenvalue weighted by Gasteiger charge is 2.24. The maximum absolute atomic E-state index is 12.6. The molecular weight excluding hydrogens is 422 g/mol. The Morgan fingerprint density at radius 1 is 1.22 bits per heavy atom. The zero-order valence-electron chi connectivity index (χ0n) is 16.6. The fourth-order valence-corrected chi connectivity index (χ4v) is 2.75. The van der Waals surface area contributed by atoms with Gasteiger partial charge in [0.2, 0.25) is 0 Å². The van der Waals surface area contributed by atoms with E-state index in [2.05, 4.69) is 5.32 Å². The van der Waals surface area contributed by atoms with Gasteiger partial charge in [-0.25, -0.2) is 0 Å². The molecule has 0 unspecified atom stereocenters. The molecule has 32 heavy (non-hydrogen) atoms. The molecule has 0 radical (unpaired) electrons. The van der Waals surface area contributed by atoms with Gasteiger partial charge in [-0.15, -0.1) is 0 Å². The number of hydrogen-bond acceptors (Lipinski definition) is 8. The van der Waals surface area contributed by atoms with E-state index in [1.54, 1.807) is 30.3 Å². The quantitative estimate of drug-likeness (QED) is 0.273. The van der Waals surface area contributed by atoms with Crippen LogP contribution in [0.1, 0.15) is 12.0 Å². The van der Waals surface area contributed by atoms with Gasteiger partial charge < -0.3 is 24.6 Å². The molecule has 1 amide bonds. The second-order valence-corrected chi connectivity index (χ2v) is 6.46. The monoisotopic (exact) mass is 439 g/mol. The van der Waals surface area contributed by atoms with Gasteiger partial charge in [0.1, 0.15) is 36.3 Å². The summed E-state index contributed by atoms with van der Waals surface area (Å²) in [6.07, 6.45) is 1.16. The lowest BCUT2D eigenvalue weighted by Crippen LogP contribution is -2.18. The minimum Gasteiger partial charge on any atom is -0.493 e. The Morgan fingerprint density at radius 3 is 2.47 bits per heavy atom. The standard InChI is InChI=1S/C21H17N3O8/c22-12-14(9-13-1-3-15(4-2-13)30-6-5-20(25)26)21(27)23-16-10-18-19(32-8-7-31-18)11-17(16)24(28)29/h1-4,9-11H,5-8H2,(H,23,27)(H,25,26). The molecule has 0 saturated carbocycles. The number of nitro benzene ring substituents is 1. The average molecular weight is 439 g/mol. The van der Waals surface area contributed by atoms with Crippen LogP contribution in [0.15, 0.2) is 42.0 Å². The maximum atomic E-state index is 12.6. The smallest absolute Gasteiger partial charge is 0.306 e. The highest BCUT2D eigenvalue weighted by atomic mass is 16.6. The number of ether oxygens (including phenoxy) is 3. The van der Waals surface area contributed by atoms with Crippen molar-refractivity contribution in [3.8, 4) is 23.3 Å². The van der Waals surface area contributed by atoms with E-state index in [0.29, 0.717) is 11.3 Å². The van der Waals surface area contributed by atoms with Crippen molar-refractivity contribution >= 4 is 29.3 Å². The fraction of sp³-hybridized carbons (Fsp3) is 0.190. The van der Waals surface area contributed by atoms with Crippen LogP contribution >= 0.6 is 0 Å². The number of aliphatic carboxylic acids is 1. The maximum Gasteiger partial charge on any atom is 0.306 e. The van der Waals surface area contributed by atoms with Gasteiger partial charge in [-0.1, -0.05) is 12.1 Å². The summed E-state index contributed by atoms with van der Waals surface area (Å²) < 4.78 is 16.0. The van der Waals surface area contributed by atoms with Gasteiger partial charge in [-0.05, 0) is 23.8 Å². The molecule has 0 aromatic heterocycles. The molecule has 11 heteroatoms. The molecule has 11 nitrogen and oxygen atoms in total. The Morgan fingerprint density at radius 2 is 1.88 bits per heavy atom. The number of carbonyl (C=O) groups is 2. The third-order valence-electron chi connectivity index (χ3n) is 4.25. The van der Waals surface area contributed by atoms with Crippen LogP contribution in [-0.2, 0) is 9.59 Å². The SMILES string of the molecule is N#CC(=Cc1ccc(OCCC(=O)O)cc1)C(=O)Nc1cc2c(cc1[N+](=O)[O-])OCCO2. The van der Waals surface area contributed by atoms with Crippen molar-refractivity contribution in [2.24, 2.45) is 0 Å². The summed E-state index contributed by atoms with van der Waals surface area (Å²) in [4.78, 5) is 33.8. The fourth-order valence-electron chi connectivity index (χ4n) is 2.75. The number of hydrogen-bond donors (Lipinski definition) is 2. The van der Waals surface area contributed by atoms with Gasteiger partial charge in [-0.3, -0.25) is 19.7 Å². The van der Waals surface area contributed by atoms with Gasteiger partial charge in [0, 0.05) is 6.07 Å². The van der Waals surface area contributed by atoms with Crippen LogP contribution < -0.4 is 19.5 Å². The summed E-state index contributed by atoms with van der Waals surface area (Å²) in [5.74, 6) is -0.944. The normalized spacial score (nSPS) is 12.4. The number of carboxylic acids is 1. The zero-order chi connectivity index (χ0) is 23.1. The van der Waals surface area contributed by atoms with E-state index < -0.39 is 22.5 Å². The Bertz CT molecular complexity index is 1120. The molecule has 2 N–H and O–H groups in total. The summed E-state index contributed by atoms with van der Waals surface area (Å²) in [5.41, 5.74) is -0.317. The highest BCUT2D eigenvalue weighted by Crippen LogP contribution is 2.39. The number of rotatable bonds is 8. The molecular formula is C21H17N3O8. The topological polar surface area (TPSA) is 161 Å². The van der Waals surface area contributed by atoms with E-state index in [4.69, 9.17) is 19.3 Å². The molecule has 0 aliphatic carbocycles. The molecule has 0 spiro atoms. The van der Waals surface area contributed by atoms with Gasteiger partial charge >= 0.3 is 5.97 Å². The number of carboxylic acid groups (broad SMARTS) is 1. The van der Waals surface area contributed by atoms with Crippen molar-refractivity contribution in [3.63, 3.8) is 0 Å². The molecule has 0 bridgehead atoms. The number of benzene rings is 2. The number of carbonyl (C=O) groups excluding carboxylic acids is 1. The predicted octanol–water partition coefficient (Wildman–Crippen LogP) is 2.77. The summed E-state index contributed by atoms with van der Waals surface area (Å²) in [5, 5.41) is 31.8. The Kier molecular flexibility index (Phi) is 6.87. The number of nitro groups is 1. The van der Waals surface area contributed by atoms with E-state index in [9.17, 15) is 25.0 Å². The molecule has 0 fully saturated rings. The molecule has 1 aliphatic rings. The van der Waals surface area contributed by atoms with Crippen molar-refractivity contribution in [2.45, 2.75) is 6.42 Å². The Hall–Kier alpha value is -4.59. The summed E-state index contributed by atoms with van der Waals surface area (Å²) in [6, 6.07) is 10.5. The third kappa shape index (κ3) is 5.51. The van der Waals surface area contributed by atoms with E-state index in [0.717, 1.165) is 6.07 Å². The predicted molar refractivity (Wildman–Crippen MR) is 110 cm³/mol. The van der Waals surface area contributed by atoms with Crippen molar-refractivity contribution in [2.75, 3.05) is 25.1 Å². The molecule has 0 atom stereocenters. The average Bonchev–Trinajstić information content (AvgIpc) is 2.77. The second kappa shape index (κ2) is 9.94. The van der Waals surface area contributed by atoms with Crippen molar-refractivity contribution < 1.29 is 33.8 Å². The first-order valence-corrected chi connectivity index (χ1v) is 9.33. The molecule has 2 aromatic carbocycles. The van der Waals surface area contributed by atoms with Crippen LogP contribution in [0.5, 0.6) is 17.2 Å². The van der Waals surface area contributed by atoms with E-state index in [1.807, 2.05) is 0 Å². The van der Waals surface area contributed by atoms with Gasteiger partial charge in [0.15, 0.2) is 11.5 Å². The summed E-state index contributed by atoms with van der Waals surface area (Å²) in [7, 11) is 0. The summed E-state index contributed by atoms with van der Waals surface area (Å²) >= 11 is 0. The summed E-state index contributed by atoms with van der Waals surface area (Å²) in [6.45, 7) is 0.517. The minimum atomic E-state index is -0.979. The number of nitriles is 1. The van der Waals surface area contributed by atoms with Crippen molar-refractivity contribution in [1.29, 1.82) is 5.26 Å². The second-order valence-electron chi connectivity index (χ2n) is 6.46. The first-order valence-electron chi connectivity index (χ1n) is 9.33. The molecule has 2 aromatic rings. The number of amides is 1. The lowest BCUT2D eigenvalue weighted by molar-refractivity contribution is -0.384. The van der Waals surface area contributed by atoms with Crippen molar-refractivity contribution in [1.82, 2.24) is 0 Å². The van der Waals surface area contributed by atoms with E-state index in [1.165, 1.54) is 12.1 Å². The molecule has 0 saturated heterocycles. The van der Waals surface area contributed by atoms with Crippen LogP contribution in [0.3, 0.4) is 0 Å². The molecule has 1 aliphatic heterocycles. The van der Waals surface area contributed by atoms with Gasteiger partial charge in [-0.2, -0.15) is 5.26 Å². The first-order chi connectivity index (χ1) is 15.4. The number of nitrogens with one attached hydrogen (secondary N) is 1. The first kappa shape index (κ1) is 22.1. The van der Waals surface area contributed by atoms with Crippen molar-refractivity contribution in [3.05, 3.63) is 57.6 Å².